The zero-order chi connectivity index (χ0) is 12.4. The molecular weight excluding hydrogens is 239 g/mol. The van der Waals surface area contributed by atoms with Crippen molar-refractivity contribution in [1.29, 1.82) is 0 Å². The van der Waals surface area contributed by atoms with Crippen LogP contribution < -0.4 is 0 Å². The lowest BCUT2D eigenvalue weighted by molar-refractivity contribution is 0.364. The number of benzene rings is 1. The minimum atomic E-state index is -9.56. The highest BCUT2D eigenvalue weighted by Gasteiger charge is 2.65. The maximum atomic E-state index is 12.0. The Bertz CT molecular complexity index is 327. The van der Waals surface area contributed by atoms with Gasteiger partial charge in [0, 0.05) is 0 Å². The molecule has 0 bridgehead atoms. The van der Waals surface area contributed by atoms with Crippen LogP contribution in [0.15, 0.2) is 29.2 Å². The van der Waals surface area contributed by atoms with Crippen LogP contribution in [0.1, 0.15) is 13.8 Å². The average Bonchev–Trinajstić information content (AvgIpc) is 2.04. The highest BCUT2D eigenvalue weighted by molar-refractivity contribution is 8.45. The molecule has 15 heavy (non-hydrogen) atoms. The molecule has 1 N–H and O–H groups in total. The molecule has 0 saturated carbocycles. The molecule has 1 nitrogen and oxygen atoms in total. The Balaban J connectivity index is 0.000000921. The summed E-state index contributed by atoms with van der Waals surface area (Å²) in [5, 5.41) is 8.59. The molecule has 0 atom stereocenters. The lowest BCUT2D eigenvalue weighted by atomic mass is 10.3. The lowest BCUT2D eigenvalue weighted by Crippen LogP contribution is -2.05. The van der Waals surface area contributed by atoms with Crippen LogP contribution in [0.2, 0.25) is 0 Å². The molecule has 1 aromatic carbocycles. The van der Waals surface area contributed by atoms with E-state index in [4.69, 9.17) is 5.11 Å². The van der Waals surface area contributed by atoms with Crippen molar-refractivity contribution in [3.8, 4) is 5.75 Å². The number of phenols is 1. The summed E-state index contributed by atoms with van der Waals surface area (Å²) in [6.45, 7) is 4.00. The fourth-order valence-electron chi connectivity index (χ4n) is 0.703. The summed E-state index contributed by atoms with van der Waals surface area (Å²) in [7, 11) is -9.56. The Morgan fingerprint density at radius 2 is 1.20 bits per heavy atom. The Hall–Kier alpha value is -0.980. The number of aromatic hydroxyl groups is 1. The first-order valence-electron chi connectivity index (χ1n) is 4.02. The molecule has 0 aromatic heterocycles. The molecule has 0 spiro atoms. The van der Waals surface area contributed by atoms with Crippen molar-refractivity contribution in [3.05, 3.63) is 24.3 Å². The van der Waals surface area contributed by atoms with Crippen molar-refractivity contribution >= 4 is 10.2 Å². The van der Waals surface area contributed by atoms with Crippen molar-refractivity contribution in [1.82, 2.24) is 0 Å². The molecule has 1 rings (SSSR count). The predicted octanol–water partition coefficient (Wildman–Crippen LogP) is 5.08. The molecule has 1 aromatic rings. The predicted molar refractivity (Wildman–Crippen MR) is 50.9 cm³/mol. The van der Waals surface area contributed by atoms with Gasteiger partial charge in [0.15, 0.2) is 0 Å². The van der Waals surface area contributed by atoms with Crippen LogP contribution in [0.5, 0.6) is 5.75 Å². The SMILES string of the molecule is CC.Oc1ccc(S(F)(F)(F)(F)F)cc1. The molecule has 0 aliphatic carbocycles. The van der Waals surface area contributed by atoms with Crippen molar-refractivity contribution < 1.29 is 24.5 Å². The summed E-state index contributed by atoms with van der Waals surface area (Å²) in [6.07, 6.45) is 0. The fourth-order valence-corrected chi connectivity index (χ4v) is 1.35. The van der Waals surface area contributed by atoms with Crippen LogP contribution in [0.4, 0.5) is 19.4 Å². The minimum Gasteiger partial charge on any atom is -0.508 e. The smallest absolute Gasteiger partial charge is 0.310 e. The van der Waals surface area contributed by atoms with Gasteiger partial charge >= 0.3 is 10.2 Å². The summed E-state index contributed by atoms with van der Waals surface area (Å²) >= 11 is 0. The van der Waals surface area contributed by atoms with Crippen LogP contribution in [0.25, 0.3) is 0 Å². The first-order valence-corrected chi connectivity index (χ1v) is 5.97. The third-order valence-electron chi connectivity index (χ3n) is 1.28. The monoisotopic (exact) mass is 250 g/mol. The fraction of sp³-hybridized carbons (Fsp3) is 0.250. The van der Waals surface area contributed by atoms with Gasteiger partial charge in [-0.1, -0.05) is 33.3 Å². The summed E-state index contributed by atoms with van der Waals surface area (Å²) in [5.74, 6) is -0.495. The van der Waals surface area contributed by atoms with Gasteiger partial charge in [0.1, 0.15) is 10.6 Å². The number of halogens is 5. The van der Waals surface area contributed by atoms with E-state index in [1.54, 1.807) is 0 Å². The first kappa shape index (κ1) is 14.0. The van der Waals surface area contributed by atoms with E-state index < -0.39 is 20.9 Å². The number of phenolic OH excluding ortho intramolecular Hbond substituents is 1. The zero-order valence-corrected chi connectivity index (χ0v) is 8.87. The number of hydrogen-bond donors (Lipinski definition) is 1. The van der Waals surface area contributed by atoms with E-state index in [2.05, 4.69) is 0 Å². The molecule has 0 saturated heterocycles. The Morgan fingerprint density at radius 3 is 1.47 bits per heavy atom. The van der Waals surface area contributed by atoms with E-state index in [1.807, 2.05) is 13.8 Å². The molecule has 0 aliphatic rings. The van der Waals surface area contributed by atoms with Crippen LogP contribution >= 0.6 is 10.2 Å². The number of rotatable bonds is 1. The number of hydrogen-bond acceptors (Lipinski definition) is 1. The first-order chi connectivity index (χ1) is 6.49. The molecular formula is C8H11F5OS. The van der Waals surface area contributed by atoms with E-state index in [-0.39, 0.29) is 12.1 Å². The van der Waals surface area contributed by atoms with E-state index in [0.717, 1.165) is 0 Å². The van der Waals surface area contributed by atoms with Crippen LogP contribution in [-0.4, -0.2) is 5.11 Å². The highest BCUT2D eigenvalue weighted by Crippen LogP contribution is 3.02. The van der Waals surface area contributed by atoms with Gasteiger partial charge in [-0.2, -0.15) is 0 Å². The van der Waals surface area contributed by atoms with Crippen molar-refractivity contribution in [2.75, 3.05) is 0 Å². The third kappa shape index (κ3) is 4.37. The average molecular weight is 250 g/mol. The Labute approximate surface area is 84.3 Å². The summed E-state index contributed by atoms with van der Waals surface area (Å²) in [5.41, 5.74) is 0. The van der Waals surface area contributed by atoms with Crippen molar-refractivity contribution in [2.45, 2.75) is 18.7 Å². The summed E-state index contributed by atoms with van der Waals surface area (Å²) in [6, 6.07) is 1.42. The Kier molecular flexibility index (Phi) is 3.05. The molecule has 0 radical (unpaired) electrons. The van der Waals surface area contributed by atoms with E-state index >= 15 is 0 Å². The van der Waals surface area contributed by atoms with Gasteiger partial charge in [-0.3, -0.25) is 0 Å². The normalized spacial score (nSPS) is 15.7. The maximum absolute atomic E-state index is 12.0. The molecule has 90 valence electrons. The molecule has 0 unspecified atom stereocenters. The van der Waals surface area contributed by atoms with Gasteiger partial charge in [-0.15, -0.1) is 0 Å². The summed E-state index contributed by atoms with van der Waals surface area (Å²) in [4.78, 5) is -2.00. The van der Waals surface area contributed by atoms with Gasteiger partial charge in [-0.05, 0) is 24.3 Å². The maximum Gasteiger partial charge on any atom is 0.310 e. The zero-order valence-electron chi connectivity index (χ0n) is 8.05. The van der Waals surface area contributed by atoms with E-state index in [9.17, 15) is 19.4 Å². The van der Waals surface area contributed by atoms with Crippen LogP contribution in [0.3, 0.4) is 0 Å². The van der Waals surface area contributed by atoms with Gasteiger partial charge in [0.05, 0.1) is 0 Å². The molecule has 0 aliphatic heterocycles. The molecule has 0 amide bonds. The molecule has 0 fully saturated rings. The van der Waals surface area contributed by atoms with E-state index in [1.165, 1.54) is 0 Å². The van der Waals surface area contributed by atoms with Gasteiger partial charge in [-0.25, -0.2) is 0 Å². The van der Waals surface area contributed by atoms with Gasteiger partial charge in [0.25, 0.3) is 0 Å². The topological polar surface area (TPSA) is 20.2 Å². The van der Waals surface area contributed by atoms with Crippen LogP contribution in [0, 0.1) is 0 Å². The standard InChI is InChI=1S/C6H5F5OS.C2H6/c7-13(8,9,10,11)6-3-1-5(12)2-4-6;1-2/h1-4,12H;1-2H3. The van der Waals surface area contributed by atoms with Crippen molar-refractivity contribution in [2.24, 2.45) is 0 Å². The quantitative estimate of drug-likeness (QED) is 0.689. The Morgan fingerprint density at radius 1 is 0.867 bits per heavy atom. The second-order valence-corrected chi connectivity index (χ2v) is 4.87. The second kappa shape index (κ2) is 3.26. The summed E-state index contributed by atoms with van der Waals surface area (Å²) < 4.78 is 60.0. The third-order valence-corrected chi connectivity index (χ3v) is 2.45. The van der Waals surface area contributed by atoms with E-state index in [0.29, 0.717) is 12.1 Å². The van der Waals surface area contributed by atoms with Gasteiger partial charge in [0.2, 0.25) is 0 Å². The lowest BCUT2D eigenvalue weighted by Gasteiger charge is -2.40. The largest absolute Gasteiger partial charge is 0.508 e. The van der Waals surface area contributed by atoms with Crippen LogP contribution in [-0.2, 0) is 0 Å². The molecule has 0 heterocycles. The second-order valence-electron chi connectivity index (χ2n) is 2.46. The van der Waals surface area contributed by atoms with Crippen molar-refractivity contribution in [3.63, 3.8) is 0 Å². The minimum absolute atomic E-state index is 0.150. The van der Waals surface area contributed by atoms with Gasteiger partial charge < -0.3 is 5.11 Å². The highest BCUT2D eigenvalue weighted by atomic mass is 32.5. The molecule has 7 heteroatoms.